The summed E-state index contributed by atoms with van der Waals surface area (Å²) in [5.41, 5.74) is 2.32. The van der Waals surface area contributed by atoms with Crippen molar-refractivity contribution < 1.29 is 8.42 Å². The van der Waals surface area contributed by atoms with Crippen molar-refractivity contribution in [2.24, 2.45) is 0 Å². The Morgan fingerprint density at radius 2 is 1.67 bits per heavy atom. The van der Waals surface area contributed by atoms with E-state index in [1.165, 1.54) is 0 Å². The first-order valence-corrected chi connectivity index (χ1v) is 9.07. The molecular weight excluding hydrogens is 322 g/mol. The summed E-state index contributed by atoms with van der Waals surface area (Å²) in [6.45, 7) is 0.659. The largest absolute Gasteiger partial charge is 0.322 e. The smallest absolute Gasteiger partial charge is 0.261 e. The van der Waals surface area contributed by atoms with Crippen LogP contribution in [0.15, 0.2) is 78.0 Å². The van der Waals surface area contributed by atoms with Crippen LogP contribution in [0.25, 0.3) is 5.69 Å². The standard InChI is InChI=1S/C18H19N3O2S/c1-19-14-15-9-10-18(21-11-5-6-12-21)17(13-15)20-24(22,23)16-7-3-2-4-8-16/h2-13,19-20H,14H2,1H3. The Hall–Kier alpha value is -2.57. The molecule has 6 heteroatoms. The summed E-state index contributed by atoms with van der Waals surface area (Å²) in [5.74, 6) is 0. The van der Waals surface area contributed by atoms with Crippen molar-refractivity contribution >= 4 is 15.7 Å². The molecule has 0 radical (unpaired) electrons. The molecular formula is C18H19N3O2S. The van der Waals surface area contributed by atoms with Crippen LogP contribution in [0.5, 0.6) is 0 Å². The Labute approximate surface area is 142 Å². The molecule has 5 nitrogen and oxygen atoms in total. The zero-order valence-corrected chi connectivity index (χ0v) is 14.1. The SMILES string of the molecule is CNCc1ccc(-n2cccc2)c(NS(=O)(=O)c2ccccc2)c1. The number of hydrogen-bond donors (Lipinski definition) is 2. The van der Waals surface area contributed by atoms with Gasteiger partial charge in [-0.1, -0.05) is 24.3 Å². The van der Waals surface area contributed by atoms with E-state index >= 15 is 0 Å². The van der Waals surface area contributed by atoms with E-state index in [1.54, 1.807) is 30.3 Å². The van der Waals surface area contributed by atoms with Crippen LogP contribution in [0, 0.1) is 0 Å². The van der Waals surface area contributed by atoms with Crippen molar-refractivity contribution in [1.82, 2.24) is 9.88 Å². The molecule has 0 amide bonds. The van der Waals surface area contributed by atoms with Crippen molar-refractivity contribution in [3.8, 4) is 5.69 Å². The van der Waals surface area contributed by atoms with Crippen molar-refractivity contribution in [2.75, 3.05) is 11.8 Å². The molecule has 1 aromatic heterocycles. The van der Waals surface area contributed by atoms with Gasteiger partial charge in [0.25, 0.3) is 10.0 Å². The lowest BCUT2D eigenvalue weighted by Gasteiger charge is -2.15. The molecule has 24 heavy (non-hydrogen) atoms. The highest BCUT2D eigenvalue weighted by atomic mass is 32.2. The first-order chi connectivity index (χ1) is 11.6. The third-order valence-corrected chi connectivity index (χ3v) is 5.00. The van der Waals surface area contributed by atoms with E-state index in [2.05, 4.69) is 10.0 Å². The van der Waals surface area contributed by atoms with Crippen molar-refractivity contribution in [2.45, 2.75) is 11.4 Å². The first-order valence-electron chi connectivity index (χ1n) is 7.59. The highest BCUT2D eigenvalue weighted by molar-refractivity contribution is 7.92. The first kappa shape index (κ1) is 16.3. The molecule has 0 atom stereocenters. The topological polar surface area (TPSA) is 63.1 Å². The van der Waals surface area contributed by atoms with Gasteiger partial charge in [-0.25, -0.2) is 8.42 Å². The Bertz CT molecular complexity index is 905. The van der Waals surface area contributed by atoms with Gasteiger partial charge in [-0.15, -0.1) is 0 Å². The summed E-state index contributed by atoms with van der Waals surface area (Å²) < 4.78 is 29.9. The summed E-state index contributed by atoms with van der Waals surface area (Å²) in [6.07, 6.45) is 3.76. The van der Waals surface area contributed by atoms with Gasteiger partial charge in [0.05, 0.1) is 16.3 Å². The van der Waals surface area contributed by atoms with Crippen LogP contribution < -0.4 is 10.0 Å². The second kappa shape index (κ2) is 6.90. The van der Waals surface area contributed by atoms with E-state index in [0.29, 0.717) is 12.2 Å². The molecule has 0 saturated carbocycles. The third kappa shape index (κ3) is 3.50. The summed E-state index contributed by atoms with van der Waals surface area (Å²) in [5, 5.41) is 3.08. The highest BCUT2D eigenvalue weighted by Gasteiger charge is 2.16. The van der Waals surface area contributed by atoms with Gasteiger partial charge in [0, 0.05) is 18.9 Å². The Morgan fingerprint density at radius 3 is 2.33 bits per heavy atom. The fourth-order valence-corrected chi connectivity index (χ4v) is 3.59. The van der Waals surface area contributed by atoms with Gasteiger partial charge < -0.3 is 9.88 Å². The van der Waals surface area contributed by atoms with Gasteiger partial charge in [-0.2, -0.15) is 0 Å². The maximum absolute atomic E-state index is 12.7. The molecule has 0 aliphatic heterocycles. The van der Waals surface area contributed by atoms with Gasteiger partial charge in [-0.05, 0) is 49.0 Å². The zero-order chi connectivity index (χ0) is 17.0. The molecule has 0 unspecified atom stereocenters. The van der Waals surface area contributed by atoms with E-state index in [9.17, 15) is 8.42 Å². The molecule has 0 spiro atoms. The molecule has 1 heterocycles. The van der Waals surface area contributed by atoms with Crippen LogP contribution in [-0.2, 0) is 16.6 Å². The van der Waals surface area contributed by atoms with Crippen LogP contribution in [0.3, 0.4) is 0 Å². The number of anilines is 1. The number of nitrogens with zero attached hydrogens (tertiary/aromatic N) is 1. The molecule has 0 aliphatic rings. The predicted octanol–water partition coefficient (Wildman–Crippen LogP) is 3.00. The number of aromatic nitrogens is 1. The summed E-state index contributed by atoms with van der Waals surface area (Å²) in [7, 11) is -1.79. The minimum absolute atomic E-state index is 0.238. The maximum Gasteiger partial charge on any atom is 0.261 e. The van der Waals surface area contributed by atoms with E-state index in [1.807, 2.05) is 54.3 Å². The molecule has 124 valence electrons. The number of hydrogen-bond acceptors (Lipinski definition) is 3. The van der Waals surface area contributed by atoms with E-state index in [4.69, 9.17) is 0 Å². The van der Waals surface area contributed by atoms with Crippen LogP contribution in [0.2, 0.25) is 0 Å². The molecule has 0 aliphatic carbocycles. The van der Waals surface area contributed by atoms with E-state index < -0.39 is 10.0 Å². The number of benzene rings is 2. The van der Waals surface area contributed by atoms with Crippen molar-refractivity contribution in [3.05, 3.63) is 78.6 Å². The lowest BCUT2D eigenvalue weighted by atomic mass is 10.1. The molecule has 2 N–H and O–H groups in total. The van der Waals surface area contributed by atoms with E-state index in [-0.39, 0.29) is 4.90 Å². The molecule has 0 fully saturated rings. The zero-order valence-electron chi connectivity index (χ0n) is 13.3. The number of nitrogens with one attached hydrogen (secondary N) is 2. The minimum atomic E-state index is -3.64. The molecule has 3 rings (SSSR count). The van der Waals surface area contributed by atoms with Gasteiger partial charge >= 0.3 is 0 Å². The van der Waals surface area contributed by atoms with Gasteiger partial charge in [0.15, 0.2) is 0 Å². The van der Waals surface area contributed by atoms with Crippen LogP contribution in [0.4, 0.5) is 5.69 Å². The molecule has 0 saturated heterocycles. The van der Waals surface area contributed by atoms with Crippen LogP contribution in [-0.4, -0.2) is 20.0 Å². The monoisotopic (exact) mass is 341 g/mol. The van der Waals surface area contributed by atoms with Crippen molar-refractivity contribution in [3.63, 3.8) is 0 Å². The Balaban J connectivity index is 2.03. The summed E-state index contributed by atoms with van der Waals surface area (Å²) >= 11 is 0. The second-order valence-electron chi connectivity index (χ2n) is 5.39. The minimum Gasteiger partial charge on any atom is -0.322 e. The normalized spacial score (nSPS) is 11.4. The summed E-state index contributed by atoms with van der Waals surface area (Å²) in [4.78, 5) is 0.238. The quantitative estimate of drug-likeness (QED) is 0.724. The number of rotatable bonds is 6. The lowest BCUT2D eigenvalue weighted by Crippen LogP contribution is -2.15. The fourth-order valence-electron chi connectivity index (χ4n) is 2.50. The van der Waals surface area contributed by atoms with Crippen LogP contribution >= 0.6 is 0 Å². The molecule has 3 aromatic rings. The second-order valence-corrected chi connectivity index (χ2v) is 7.07. The Morgan fingerprint density at radius 1 is 0.958 bits per heavy atom. The van der Waals surface area contributed by atoms with Gasteiger partial charge in [0.1, 0.15) is 0 Å². The predicted molar refractivity (Wildman–Crippen MR) is 95.8 cm³/mol. The van der Waals surface area contributed by atoms with Crippen molar-refractivity contribution in [1.29, 1.82) is 0 Å². The Kier molecular flexibility index (Phi) is 4.69. The summed E-state index contributed by atoms with van der Waals surface area (Å²) in [6, 6.07) is 17.9. The average Bonchev–Trinajstić information content (AvgIpc) is 3.10. The highest BCUT2D eigenvalue weighted by Crippen LogP contribution is 2.25. The molecule has 0 bridgehead atoms. The van der Waals surface area contributed by atoms with Gasteiger partial charge in [0.2, 0.25) is 0 Å². The fraction of sp³-hybridized carbons (Fsp3) is 0.111. The number of sulfonamides is 1. The molecule has 2 aromatic carbocycles. The maximum atomic E-state index is 12.7. The lowest BCUT2D eigenvalue weighted by molar-refractivity contribution is 0.601. The average molecular weight is 341 g/mol. The van der Waals surface area contributed by atoms with E-state index in [0.717, 1.165) is 11.3 Å². The van der Waals surface area contributed by atoms with Gasteiger partial charge in [-0.3, -0.25) is 4.72 Å². The third-order valence-electron chi connectivity index (χ3n) is 3.62. The van der Waals surface area contributed by atoms with Crippen LogP contribution in [0.1, 0.15) is 5.56 Å².